The molecule has 0 saturated carbocycles. The first-order valence-corrected chi connectivity index (χ1v) is 8.71. The smallest absolute Gasteiger partial charge is 0.261 e. The molecule has 118 valence electrons. The van der Waals surface area contributed by atoms with Gasteiger partial charge in [-0.25, -0.2) is 4.98 Å². The molecule has 1 saturated heterocycles. The first kappa shape index (κ1) is 14.4. The molecular formula is C17H17N3O2S. The highest BCUT2D eigenvalue weighted by atomic mass is 32.1. The third-order valence-electron chi connectivity index (χ3n) is 4.53. The van der Waals surface area contributed by atoms with Crippen molar-refractivity contribution in [2.24, 2.45) is 5.92 Å². The van der Waals surface area contributed by atoms with Crippen LogP contribution >= 0.6 is 11.3 Å². The monoisotopic (exact) mass is 327 g/mol. The average Bonchev–Trinajstić information content (AvgIpc) is 3.20. The summed E-state index contributed by atoms with van der Waals surface area (Å²) in [6.07, 6.45) is 3.91. The Kier molecular flexibility index (Phi) is 3.61. The lowest BCUT2D eigenvalue weighted by atomic mass is 9.98. The Morgan fingerprint density at radius 1 is 1.17 bits per heavy atom. The zero-order valence-electron chi connectivity index (χ0n) is 12.6. The number of hydrogen-bond acceptors (Lipinski definition) is 5. The van der Waals surface area contributed by atoms with Crippen molar-refractivity contribution >= 4 is 28.3 Å². The van der Waals surface area contributed by atoms with Gasteiger partial charge in [-0.3, -0.25) is 14.5 Å². The van der Waals surface area contributed by atoms with Crippen LogP contribution in [0.3, 0.4) is 0 Å². The van der Waals surface area contributed by atoms with E-state index in [4.69, 9.17) is 0 Å². The summed E-state index contributed by atoms with van der Waals surface area (Å²) in [6.45, 7) is 2.33. The third-order valence-corrected chi connectivity index (χ3v) is 5.36. The Bertz CT molecular complexity index is 709. The van der Waals surface area contributed by atoms with Gasteiger partial charge in [0, 0.05) is 31.2 Å². The predicted molar refractivity (Wildman–Crippen MR) is 88.9 cm³/mol. The molecule has 0 bridgehead atoms. The maximum Gasteiger partial charge on any atom is 0.261 e. The number of benzene rings is 1. The molecule has 3 heterocycles. The molecule has 23 heavy (non-hydrogen) atoms. The van der Waals surface area contributed by atoms with Gasteiger partial charge in [-0.1, -0.05) is 12.1 Å². The van der Waals surface area contributed by atoms with Gasteiger partial charge in [0.15, 0.2) is 5.13 Å². The highest BCUT2D eigenvalue weighted by molar-refractivity contribution is 7.13. The van der Waals surface area contributed by atoms with Gasteiger partial charge in [0.25, 0.3) is 11.8 Å². The molecule has 1 unspecified atom stereocenters. The molecule has 1 aromatic heterocycles. The second-order valence-electron chi connectivity index (χ2n) is 6.04. The van der Waals surface area contributed by atoms with Gasteiger partial charge < -0.3 is 4.90 Å². The molecule has 0 aliphatic carbocycles. The van der Waals surface area contributed by atoms with Gasteiger partial charge in [0.1, 0.15) is 0 Å². The number of imide groups is 1. The van der Waals surface area contributed by atoms with Crippen molar-refractivity contribution in [3.8, 4) is 0 Å². The molecule has 1 fully saturated rings. The minimum Gasteiger partial charge on any atom is -0.348 e. The van der Waals surface area contributed by atoms with E-state index < -0.39 is 0 Å². The minimum atomic E-state index is -0.156. The first-order valence-electron chi connectivity index (χ1n) is 7.83. The van der Waals surface area contributed by atoms with Crippen molar-refractivity contribution in [3.05, 3.63) is 47.0 Å². The average molecular weight is 327 g/mol. The summed E-state index contributed by atoms with van der Waals surface area (Å²) >= 11 is 1.63. The van der Waals surface area contributed by atoms with E-state index >= 15 is 0 Å². The number of amides is 2. The number of carbonyl (C=O) groups is 2. The van der Waals surface area contributed by atoms with Gasteiger partial charge in [0.05, 0.1) is 11.1 Å². The van der Waals surface area contributed by atoms with Gasteiger partial charge in [0.2, 0.25) is 0 Å². The summed E-state index contributed by atoms with van der Waals surface area (Å²) in [4.78, 5) is 33.0. The van der Waals surface area contributed by atoms with Crippen LogP contribution in [-0.4, -0.2) is 41.3 Å². The standard InChI is InChI=1S/C17H17N3O2S/c21-15-13-5-1-2-6-14(13)16(22)20(15)11-12-4-3-8-19(10-12)17-18-7-9-23-17/h1-2,5-7,9,12H,3-4,8,10-11H2. The first-order chi connectivity index (χ1) is 11.2. The molecule has 0 N–H and O–H groups in total. The Balaban J connectivity index is 1.48. The summed E-state index contributed by atoms with van der Waals surface area (Å²) < 4.78 is 0. The molecule has 2 aliphatic rings. The zero-order valence-corrected chi connectivity index (χ0v) is 13.5. The van der Waals surface area contributed by atoms with Crippen LogP contribution in [0.5, 0.6) is 0 Å². The van der Waals surface area contributed by atoms with Crippen LogP contribution in [0.25, 0.3) is 0 Å². The molecule has 0 radical (unpaired) electrons. The lowest BCUT2D eigenvalue weighted by molar-refractivity contribution is 0.0624. The number of carbonyl (C=O) groups excluding carboxylic acids is 2. The predicted octanol–water partition coefficient (Wildman–Crippen LogP) is 2.66. The van der Waals surface area contributed by atoms with Crippen LogP contribution in [0.2, 0.25) is 0 Å². The molecule has 5 nitrogen and oxygen atoms in total. The van der Waals surface area contributed by atoms with Crippen molar-refractivity contribution in [1.82, 2.24) is 9.88 Å². The van der Waals surface area contributed by atoms with Crippen molar-refractivity contribution in [2.45, 2.75) is 12.8 Å². The number of hydrogen-bond donors (Lipinski definition) is 0. The van der Waals surface area contributed by atoms with Crippen molar-refractivity contribution < 1.29 is 9.59 Å². The number of thiazole rings is 1. The van der Waals surface area contributed by atoms with E-state index in [9.17, 15) is 9.59 Å². The van der Waals surface area contributed by atoms with E-state index in [0.29, 0.717) is 23.6 Å². The van der Waals surface area contributed by atoms with Crippen LogP contribution in [0, 0.1) is 5.92 Å². The summed E-state index contributed by atoms with van der Waals surface area (Å²) in [5, 5.41) is 3.00. The van der Waals surface area contributed by atoms with E-state index in [-0.39, 0.29) is 11.8 Å². The molecular weight excluding hydrogens is 310 g/mol. The van der Waals surface area contributed by atoms with Gasteiger partial charge >= 0.3 is 0 Å². The van der Waals surface area contributed by atoms with E-state index in [1.54, 1.807) is 35.6 Å². The van der Waals surface area contributed by atoms with Crippen molar-refractivity contribution in [3.63, 3.8) is 0 Å². The summed E-state index contributed by atoms with van der Waals surface area (Å²) in [6, 6.07) is 7.08. The zero-order chi connectivity index (χ0) is 15.8. The van der Waals surface area contributed by atoms with Gasteiger partial charge in [-0.15, -0.1) is 11.3 Å². The highest BCUT2D eigenvalue weighted by Gasteiger charge is 2.37. The van der Waals surface area contributed by atoms with Crippen LogP contribution in [0.1, 0.15) is 33.6 Å². The molecule has 2 amide bonds. The van der Waals surface area contributed by atoms with E-state index in [1.165, 1.54) is 4.90 Å². The number of piperidine rings is 1. The third kappa shape index (κ3) is 2.53. The molecule has 2 aliphatic heterocycles. The number of rotatable bonds is 3. The Morgan fingerprint density at radius 2 is 1.91 bits per heavy atom. The molecule has 4 rings (SSSR count). The second kappa shape index (κ2) is 5.77. The summed E-state index contributed by atoms with van der Waals surface area (Å²) in [5.74, 6) is -0.0104. The molecule has 1 aromatic carbocycles. The molecule has 0 spiro atoms. The van der Waals surface area contributed by atoms with Crippen LogP contribution in [-0.2, 0) is 0 Å². The topological polar surface area (TPSA) is 53.5 Å². The number of nitrogens with zero attached hydrogens (tertiary/aromatic N) is 3. The maximum absolute atomic E-state index is 12.5. The Hall–Kier alpha value is -2.21. The van der Waals surface area contributed by atoms with E-state index in [1.807, 2.05) is 11.6 Å². The molecule has 6 heteroatoms. The molecule has 2 aromatic rings. The van der Waals surface area contributed by atoms with E-state index in [2.05, 4.69) is 9.88 Å². The number of anilines is 1. The van der Waals surface area contributed by atoms with Crippen LogP contribution in [0.15, 0.2) is 35.8 Å². The van der Waals surface area contributed by atoms with Crippen molar-refractivity contribution in [2.75, 3.05) is 24.5 Å². The largest absolute Gasteiger partial charge is 0.348 e. The lowest BCUT2D eigenvalue weighted by Crippen LogP contribution is -2.42. The summed E-state index contributed by atoms with van der Waals surface area (Å²) in [5.41, 5.74) is 1.06. The maximum atomic E-state index is 12.5. The fraction of sp³-hybridized carbons (Fsp3) is 0.353. The SMILES string of the molecule is O=C1c2ccccc2C(=O)N1CC1CCCN(c2nccs2)C1. The van der Waals surface area contributed by atoms with Gasteiger partial charge in [-0.05, 0) is 30.9 Å². The number of fused-ring (bicyclic) bond motifs is 1. The fourth-order valence-corrected chi connectivity index (χ4v) is 4.10. The fourth-order valence-electron chi connectivity index (χ4n) is 3.42. The van der Waals surface area contributed by atoms with Crippen LogP contribution < -0.4 is 4.90 Å². The van der Waals surface area contributed by atoms with Crippen molar-refractivity contribution in [1.29, 1.82) is 0 Å². The Labute approximate surface area is 138 Å². The minimum absolute atomic E-state index is 0.156. The summed E-state index contributed by atoms with van der Waals surface area (Å²) in [7, 11) is 0. The number of aromatic nitrogens is 1. The van der Waals surface area contributed by atoms with E-state index in [0.717, 1.165) is 31.1 Å². The second-order valence-corrected chi connectivity index (χ2v) is 6.91. The normalized spacial score (nSPS) is 21.0. The van der Waals surface area contributed by atoms with Crippen LogP contribution in [0.4, 0.5) is 5.13 Å². The van der Waals surface area contributed by atoms with Gasteiger partial charge in [-0.2, -0.15) is 0 Å². The Morgan fingerprint density at radius 3 is 2.57 bits per heavy atom. The quantitative estimate of drug-likeness (QED) is 0.813. The lowest BCUT2D eigenvalue weighted by Gasteiger charge is -2.34. The highest BCUT2D eigenvalue weighted by Crippen LogP contribution is 2.28. The molecule has 1 atom stereocenters.